The van der Waals surface area contributed by atoms with Crippen molar-refractivity contribution in [3.05, 3.63) is 0 Å². The van der Waals surface area contributed by atoms with E-state index in [1.807, 2.05) is 6.26 Å². The van der Waals surface area contributed by atoms with Gasteiger partial charge in [0, 0.05) is 13.2 Å². The fourth-order valence-corrected chi connectivity index (χ4v) is 1.72. The number of unbranched alkanes of at least 4 members (excludes halogenated alkanes) is 1. The van der Waals surface area contributed by atoms with Gasteiger partial charge in [-0.3, -0.25) is 4.79 Å². The minimum absolute atomic E-state index is 0.116. The lowest BCUT2D eigenvalue weighted by molar-refractivity contribution is -0.122. The van der Waals surface area contributed by atoms with Crippen molar-refractivity contribution in [2.24, 2.45) is 5.73 Å². The van der Waals surface area contributed by atoms with Crippen LogP contribution in [0.5, 0.6) is 0 Å². The fraction of sp³-hybridized carbons (Fsp3) is 0.800. The minimum atomic E-state index is -0.693. The molecule has 0 aromatic heterocycles. The molecular formula is C10H21N3O3S. The molecule has 17 heavy (non-hydrogen) atoms. The van der Waals surface area contributed by atoms with E-state index in [1.54, 1.807) is 11.8 Å². The predicted molar refractivity (Wildman–Crippen MR) is 68.8 cm³/mol. The maximum absolute atomic E-state index is 11.7. The second-order valence-electron chi connectivity index (χ2n) is 3.56. The lowest BCUT2D eigenvalue weighted by atomic mass is 10.2. The Kier molecular flexibility index (Phi) is 9.65. The summed E-state index contributed by atoms with van der Waals surface area (Å²) in [5.41, 5.74) is 5.01. The van der Waals surface area contributed by atoms with Crippen molar-refractivity contribution in [3.8, 4) is 0 Å². The Morgan fingerprint density at radius 1 is 1.41 bits per heavy atom. The van der Waals surface area contributed by atoms with Gasteiger partial charge in [0.15, 0.2) is 0 Å². The van der Waals surface area contributed by atoms with E-state index in [2.05, 4.69) is 10.6 Å². The molecule has 1 atom stereocenters. The van der Waals surface area contributed by atoms with Crippen LogP contribution in [-0.2, 0) is 4.79 Å². The van der Waals surface area contributed by atoms with Crippen molar-refractivity contribution in [3.63, 3.8) is 0 Å². The zero-order chi connectivity index (χ0) is 13.1. The second kappa shape index (κ2) is 10.2. The van der Waals surface area contributed by atoms with Gasteiger partial charge >= 0.3 is 6.03 Å². The van der Waals surface area contributed by atoms with Crippen molar-refractivity contribution in [1.29, 1.82) is 0 Å². The maximum atomic E-state index is 11.7. The van der Waals surface area contributed by atoms with Crippen LogP contribution in [-0.4, -0.2) is 48.2 Å². The SMILES string of the molecule is CSCCC(NC(N)=O)C(=O)NCCCCO. The van der Waals surface area contributed by atoms with E-state index < -0.39 is 12.1 Å². The Balaban J connectivity index is 3.98. The van der Waals surface area contributed by atoms with E-state index >= 15 is 0 Å². The van der Waals surface area contributed by atoms with E-state index in [0.29, 0.717) is 25.8 Å². The average Bonchev–Trinajstić information content (AvgIpc) is 2.29. The molecule has 0 heterocycles. The molecule has 0 fully saturated rings. The molecule has 0 aromatic carbocycles. The Morgan fingerprint density at radius 3 is 2.65 bits per heavy atom. The number of nitrogens with two attached hydrogens (primary N) is 1. The molecule has 7 heteroatoms. The molecule has 0 aliphatic rings. The first-order valence-corrected chi connectivity index (χ1v) is 6.94. The second-order valence-corrected chi connectivity index (χ2v) is 4.55. The van der Waals surface area contributed by atoms with Crippen LogP contribution in [0.1, 0.15) is 19.3 Å². The molecule has 0 saturated carbocycles. The highest BCUT2D eigenvalue weighted by molar-refractivity contribution is 7.98. The third-order valence-corrected chi connectivity index (χ3v) is 2.77. The molecule has 0 bridgehead atoms. The number of rotatable bonds is 9. The van der Waals surface area contributed by atoms with Crippen LogP contribution in [0.25, 0.3) is 0 Å². The quantitative estimate of drug-likeness (QED) is 0.427. The first kappa shape index (κ1) is 16.1. The molecule has 0 aromatic rings. The maximum Gasteiger partial charge on any atom is 0.312 e. The number of nitrogens with one attached hydrogen (secondary N) is 2. The van der Waals surface area contributed by atoms with Crippen LogP contribution in [0.4, 0.5) is 4.79 Å². The van der Waals surface area contributed by atoms with Crippen molar-refractivity contribution >= 4 is 23.7 Å². The highest BCUT2D eigenvalue weighted by Crippen LogP contribution is 2.01. The molecule has 0 radical (unpaired) electrons. The van der Waals surface area contributed by atoms with Gasteiger partial charge < -0.3 is 21.5 Å². The number of hydrogen-bond donors (Lipinski definition) is 4. The number of amides is 3. The monoisotopic (exact) mass is 263 g/mol. The van der Waals surface area contributed by atoms with Crippen molar-refractivity contribution < 1.29 is 14.7 Å². The standard InChI is InChI=1S/C10H21N3O3S/c1-17-7-4-8(13-10(11)16)9(15)12-5-2-3-6-14/h8,14H,2-7H2,1H3,(H,12,15)(H3,11,13,16). The summed E-state index contributed by atoms with van der Waals surface area (Å²) in [6, 6.07) is -1.27. The number of carbonyl (C=O) groups is 2. The van der Waals surface area contributed by atoms with Gasteiger partial charge in [-0.1, -0.05) is 0 Å². The molecule has 5 N–H and O–H groups in total. The van der Waals surface area contributed by atoms with Gasteiger partial charge in [-0.15, -0.1) is 0 Å². The summed E-state index contributed by atoms with van der Waals surface area (Å²) in [4.78, 5) is 22.4. The predicted octanol–water partition coefficient (Wildman–Crippen LogP) is -0.335. The van der Waals surface area contributed by atoms with E-state index in [4.69, 9.17) is 10.8 Å². The summed E-state index contributed by atoms with van der Waals surface area (Å²) in [7, 11) is 0. The molecule has 3 amide bonds. The Morgan fingerprint density at radius 2 is 2.12 bits per heavy atom. The number of hydrogen-bond acceptors (Lipinski definition) is 4. The largest absolute Gasteiger partial charge is 0.396 e. The average molecular weight is 263 g/mol. The van der Waals surface area contributed by atoms with E-state index in [-0.39, 0.29) is 12.5 Å². The molecule has 0 spiro atoms. The number of carbonyl (C=O) groups excluding carboxylic acids is 2. The van der Waals surface area contributed by atoms with E-state index in [9.17, 15) is 9.59 Å². The van der Waals surface area contributed by atoms with Crippen LogP contribution >= 0.6 is 11.8 Å². The van der Waals surface area contributed by atoms with Crippen molar-refractivity contribution in [2.45, 2.75) is 25.3 Å². The zero-order valence-electron chi connectivity index (χ0n) is 10.1. The topological polar surface area (TPSA) is 104 Å². The first-order chi connectivity index (χ1) is 8.11. The lowest BCUT2D eigenvalue weighted by Crippen LogP contribution is -2.49. The number of urea groups is 1. The summed E-state index contributed by atoms with van der Waals surface area (Å²) in [5.74, 6) is 0.547. The molecule has 1 unspecified atom stereocenters. The molecule has 0 saturated heterocycles. The lowest BCUT2D eigenvalue weighted by Gasteiger charge is -2.16. The minimum Gasteiger partial charge on any atom is -0.396 e. The first-order valence-electron chi connectivity index (χ1n) is 5.55. The molecule has 0 rings (SSSR count). The van der Waals surface area contributed by atoms with Gasteiger partial charge in [0.25, 0.3) is 0 Å². The number of aliphatic hydroxyl groups excluding tert-OH is 1. The van der Waals surface area contributed by atoms with Gasteiger partial charge in [0.1, 0.15) is 6.04 Å². The number of thioether (sulfide) groups is 1. The summed E-state index contributed by atoms with van der Waals surface area (Å²) >= 11 is 1.60. The molecule has 100 valence electrons. The smallest absolute Gasteiger partial charge is 0.312 e. The fourth-order valence-electron chi connectivity index (χ4n) is 1.25. The Bertz CT molecular complexity index is 239. The number of primary amides is 1. The molecule has 0 aliphatic heterocycles. The van der Waals surface area contributed by atoms with Crippen molar-refractivity contribution in [1.82, 2.24) is 10.6 Å². The molecule has 6 nitrogen and oxygen atoms in total. The summed E-state index contributed by atoms with van der Waals surface area (Å²) in [6.07, 6.45) is 3.85. The van der Waals surface area contributed by atoms with E-state index in [1.165, 1.54) is 0 Å². The van der Waals surface area contributed by atoms with Crippen molar-refractivity contribution in [2.75, 3.05) is 25.2 Å². The Hall–Kier alpha value is -0.950. The van der Waals surface area contributed by atoms with Crippen LogP contribution in [0, 0.1) is 0 Å². The van der Waals surface area contributed by atoms with Crippen LogP contribution in [0.2, 0.25) is 0 Å². The summed E-state index contributed by atoms with van der Waals surface area (Å²) < 4.78 is 0. The molecule has 0 aliphatic carbocycles. The highest BCUT2D eigenvalue weighted by Gasteiger charge is 2.18. The van der Waals surface area contributed by atoms with Crippen LogP contribution in [0.15, 0.2) is 0 Å². The third kappa shape index (κ3) is 8.82. The van der Waals surface area contributed by atoms with Gasteiger partial charge in [0.2, 0.25) is 5.91 Å². The van der Waals surface area contributed by atoms with Gasteiger partial charge in [-0.2, -0.15) is 11.8 Å². The normalized spacial score (nSPS) is 11.9. The summed E-state index contributed by atoms with van der Waals surface area (Å²) in [5, 5.41) is 13.7. The summed E-state index contributed by atoms with van der Waals surface area (Å²) in [6.45, 7) is 0.612. The third-order valence-electron chi connectivity index (χ3n) is 2.13. The van der Waals surface area contributed by atoms with Gasteiger partial charge in [0.05, 0.1) is 0 Å². The number of aliphatic hydroxyl groups is 1. The van der Waals surface area contributed by atoms with Gasteiger partial charge in [-0.25, -0.2) is 4.79 Å². The van der Waals surface area contributed by atoms with Crippen LogP contribution < -0.4 is 16.4 Å². The Labute approximate surface area is 106 Å². The van der Waals surface area contributed by atoms with E-state index in [0.717, 1.165) is 5.75 Å². The highest BCUT2D eigenvalue weighted by atomic mass is 32.2. The molecular weight excluding hydrogens is 242 g/mol. The zero-order valence-corrected chi connectivity index (χ0v) is 10.9. The van der Waals surface area contributed by atoms with Crippen LogP contribution in [0.3, 0.4) is 0 Å². The van der Waals surface area contributed by atoms with Gasteiger partial charge in [-0.05, 0) is 31.3 Å².